The lowest BCUT2D eigenvalue weighted by atomic mass is 9.79. The van der Waals surface area contributed by atoms with Gasteiger partial charge < -0.3 is 5.11 Å². The fourth-order valence-corrected chi connectivity index (χ4v) is 3.78. The molecule has 1 N–H and O–H groups in total. The van der Waals surface area contributed by atoms with E-state index in [0.29, 0.717) is 13.1 Å². The minimum absolute atomic E-state index is 0.117. The topological polar surface area (TPSA) is 26.7 Å². The van der Waals surface area contributed by atoms with Crippen molar-refractivity contribution in [3.63, 3.8) is 0 Å². The molecule has 2 aliphatic rings. The highest BCUT2D eigenvalue weighted by Crippen LogP contribution is 2.33. The number of nitrogens with zero attached hydrogens (tertiary/aromatic N) is 2. The maximum atomic E-state index is 12.6. The number of piperazine rings is 1. The Bertz CT molecular complexity index is 319. The fraction of sp³-hybridized carbons (Fsp3) is 1.00. The third-order valence-corrected chi connectivity index (χ3v) is 5.26. The lowest BCUT2D eigenvalue weighted by Gasteiger charge is -2.45. The molecule has 1 saturated carbocycles. The SMILES string of the molecule is CCC1CN(CC2(O)CCC(C)CC2)CCN1CC(F)F. The summed E-state index contributed by atoms with van der Waals surface area (Å²) in [6, 6.07) is 0.193. The van der Waals surface area contributed by atoms with Gasteiger partial charge in [-0.3, -0.25) is 9.80 Å². The third-order valence-electron chi connectivity index (χ3n) is 5.26. The van der Waals surface area contributed by atoms with Crippen molar-refractivity contribution in [1.29, 1.82) is 0 Å². The minimum Gasteiger partial charge on any atom is -0.389 e. The van der Waals surface area contributed by atoms with Crippen LogP contribution in [0.2, 0.25) is 0 Å². The zero-order valence-electron chi connectivity index (χ0n) is 13.4. The molecule has 0 bridgehead atoms. The van der Waals surface area contributed by atoms with Crippen LogP contribution in [0.25, 0.3) is 0 Å². The summed E-state index contributed by atoms with van der Waals surface area (Å²) in [5, 5.41) is 10.7. The van der Waals surface area contributed by atoms with Crippen LogP contribution in [0.4, 0.5) is 8.78 Å². The Balaban J connectivity index is 1.85. The quantitative estimate of drug-likeness (QED) is 0.846. The Morgan fingerprint density at radius 3 is 2.48 bits per heavy atom. The first-order valence-corrected chi connectivity index (χ1v) is 8.39. The zero-order valence-corrected chi connectivity index (χ0v) is 13.4. The van der Waals surface area contributed by atoms with E-state index in [4.69, 9.17) is 0 Å². The summed E-state index contributed by atoms with van der Waals surface area (Å²) >= 11 is 0. The average Bonchev–Trinajstić information content (AvgIpc) is 2.43. The van der Waals surface area contributed by atoms with E-state index in [1.165, 1.54) is 0 Å². The Morgan fingerprint density at radius 1 is 1.24 bits per heavy atom. The van der Waals surface area contributed by atoms with Gasteiger partial charge in [-0.1, -0.05) is 13.8 Å². The van der Waals surface area contributed by atoms with Gasteiger partial charge in [0, 0.05) is 32.2 Å². The predicted octanol–water partition coefficient (Wildman–Crippen LogP) is 2.59. The summed E-state index contributed by atoms with van der Waals surface area (Å²) in [4.78, 5) is 4.19. The molecule has 0 amide bonds. The molecule has 1 unspecified atom stereocenters. The third kappa shape index (κ3) is 4.86. The summed E-state index contributed by atoms with van der Waals surface area (Å²) in [5.74, 6) is 0.719. The van der Waals surface area contributed by atoms with Crippen molar-refractivity contribution < 1.29 is 13.9 Å². The summed E-state index contributed by atoms with van der Waals surface area (Å²) in [5.41, 5.74) is -0.560. The highest BCUT2D eigenvalue weighted by Gasteiger charge is 2.36. The van der Waals surface area contributed by atoms with Gasteiger partial charge in [-0.05, 0) is 38.0 Å². The number of rotatable bonds is 5. The van der Waals surface area contributed by atoms with Crippen molar-refractivity contribution in [1.82, 2.24) is 9.80 Å². The first-order valence-electron chi connectivity index (χ1n) is 8.39. The highest BCUT2D eigenvalue weighted by atomic mass is 19.3. The van der Waals surface area contributed by atoms with Crippen molar-refractivity contribution in [2.24, 2.45) is 5.92 Å². The van der Waals surface area contributed by atoms with Gasteiger partial charge in [0.1, 0.15) is 0 Å². The number of hydrogen-bond acceptors (Lipinski definition) is 3. The largest absolute Gasteiger partial charge is 0.389 e. The molecule has 1 heterocycles. The normalized spacial score (nSPS) is 36.3. The zero-order chi connectivity index (χ0) is 15.5. The molecule has 124 valence electrons. The number of halogens is 2. The van der Waals surface area contributed by atoms with Gasteiger partial charge in [0.25, 0.3) is 6.43 Å². The number of alkyl halides is 2. The van der Waals surface area contributed by atoms with Crippen LogP contribution in [0, 0.1) is 5.92 Å². The van der Waals surface area contributed by atoms with Crippen LogP contribution in [0.3, 0.4) is 0 Å². The lowest BCUT2D eigenvalue weighted by Crippen LogP contribution is -2.57. The second-order valence-electron chi connectivity index (χ2n) is 7.09. The maximum absolute atomic E-state index is 12.6. The summed E-state index contributed by atoms with van der Waals surface area (Å²) in [7, 11) is 0. The average molecular weight is 304 g/mol. The Hall–Kier alpha value is -0.260. The molecule has 21 heavy (non-hydrogen) atoms. The highest BCUT2D eigenvalue weighted by molar-refractivity contribution is 4.90. The molecule has 5 heteroatoms. The van der Waals surface area contributed by atoms with Gasteiger partial charge in [-0.25, -0.2) is 8.78 Å². The molecule has 1 atom stereocenters. The second kappa shape index (κ2) is 7.34. The van der Waals surface area contributed by atoms with Crippen molar-refractivity contribution in [2.75, 3.05) is 32.7 Å². The summed E-state index contributed by atoms with van der Waals surface area (Å²) < 4.78 is 25.2. The van der Waals surface area contributed by atoms with E-state index in [1.807, 2.05) is 4.90 Å². The first-order chi connectivity index (χ1) is 9.92. The van der Waals surface area contributed by atoms with Gasteiger partial charge in [0.2, 0.25) is 0 Å². The van der Waals surface area contributed by atoms with Crippen molar-refractivity contribution in [3.05, 3.63) is 0 Å². The Morgan fingerprint density at radius 2 is 1.90 bits per heavy atom. The van der Waals surface area contributed by atoms with E-state index in [9.17, 15) is 13.9 Å². The van der Waals surface area contributed by atoms with E-state index < -0.39 is 12.0 Å². The first kappa shape index (κ1) is 17.1. The maximum Gasteiger partial charge on any atom is 0.251 e. The van der Waals surface area contributed by atoms with Gasteiger partial charge in [0.15, 0.2) is 0 Å². The van der Waals surface area contributed by atoms with Crippen LogP contribution in [-0.2, 0) is 0 Å². The molecule has 0 aromatic carbocycles. The number of aliphatic hydroxyl groups is 1. The van der Waals surface area contributed by atoms with Crippen LogP contribution >= 0.6 is 0 Å². The van der Waals surface area contributed by atoms with Gasteiger partial charge >= 0.3 is 0 Å². The lowest BCUT2D eigenvalue weighted by molar-refractivity contribution is -0.0560. The molecule has 2 fully saturated rings. The van der Waals surface area contributed by atoms with Gasteiger partial charge in [-0.15, -0.1) is 0 Å². The Labute approximate surface area is 127 Å². The Kier molecular flexibility index (Phi) is 5.97. The molecule has 0 aromatic heterocycles. The molecule has 2 rings (SSSR count). The van der Waals surface area contributed by atoms with Crippen LogP contribution in [0.1, 0.15) is 46.0 Å². The van der Waals surface area contributed by atoms with Crippen molar-refractivity contribution >= 4 is 0 Å². The molecule has 1 saturated heterocycles. The molecule has 0 radical (unpaired) electrons. The molecule has 1 aliphatic carbocycles. The minimum atomic E-state index is -2.25. The van der Waals surface area contributed by atoms with E-state index in [1.54, 1.807) is 0 Å². The predicted molar refractivity (Wildman–Crippen MR) is 80.7 cm³/mol. The molecule has 1 aliphatic heterocycles. The molecule has 3 nitrogen and oxygen atoms in total. The molecule has 0 aromatic rings. The van der Waals surface area contributed by atoms with Crippen LogP contribution in [0.5, 0.6) is 0 Å². The van der Waals surface area contributed by atoms with Gasteiger partial charge in [-0.2, -0.15) is 0 Å². The van der Waals surface area contributed by atoms with E-state index in [-0.39, 0.29) is 12.6 Å². The van der Waals surface area contributed by atoms with Crippen LogP contribution < -0.4 is 0 Å². The summed E-state index contributed by atoms with van der Waals surface area (Å²) in [6.07, 6.45) is 2.58. The summed E-state index contributed by atoms with van der Waals surface area (Å²) in [6.45, 7) is 7.18. The van der Waals surface area contributed by atoms with Crippen molar-refractivity contribution in [3.8, 4) is 0 Å². The van der Waals surface area contributed by atoms with Crippen LogP contribution in [-0.4, -0.2) is 65.7 Å². The fourth-order valence-electron chi connectivity index (χ4n) is 3.78. The second-order valence-corrected chi connectivity index (χ2v) is 7.09. The van der Waals surface area contributed by atoms with E-state index in [0.717, 1.165) is 51.1 Å². The van der Waals surface area contributed by atoms with E-state index in [2.05, 4.69) is 18.7 Å². The van der Waals surface area contributed by atoms with Crippen molar-refractivity contribution in [2.45, 2.75) is 64.0 Å². The van der Waals surface area contributed by atoms with Crippen LogP contribution in [0.15, 0.2) is 0 Å². The molecular formula is C16H30F2N2O. The smallest absolute Gasteiger partial charge is 0.251 e. The molecule has 0 spiro atoms. The molecular weight excluding hydrogens is 274 g/mol. The van der Waals surface area contributed by atoms with Gasteiger partial charge in [0.05, 0.1) is 12.1 Å². The monoisotopic (exact) mass is 304 g/mol. The number of hydrogen-bond donors (Lipinski definition) is 1. The standard InChI is InChI=1S/C16H30F2N2O/c1-3-14-10-19(8-9-20(14)11-15(17)18)12-16(21)6-4-13(2)5-7-16/h13-15,21H,3-12H2,1-2H3. The van der Waals surface area contributed by atoms with E-state index >= 15 is 0 Å². The number of β-amino-alcohol motifs (C(OH)–C–C–N with tert-alkyl or cyclic N) is 1.